The van der Waals surface area contributed by atoms with Gasteiger partial charge in [-0.3, -0.25) is 0 Å². The SMILES string of the molecule is CC(C)(NC(=O)OCC1c2ccccc2-c2ccccc21)C(=O)OC(c1ccccc1)(c1ccccc1)c1ccccc1. The number of alkyl carbamates (subject to hydrolysis) is 1. The molecule has 0 bridgehead atoms. The van der Waals surface area contributed by atoms with Crippen LogP contribution in [-0.4, -0.2) is 24.2 Å². The Morgan fingerprint density at radius 3 is 1.44 bits per heavy atom. The van der Waals surface area contributed by atoms with Gasteiger partial charge in [-0.05, 0) is 36.1 Å². The van der Waals surface area contributed by atoms with Crippen molar-refractivity contribution in [1.29, 1.82) is 0 Å². The zero-order chi connectivity index (χ0) is 29.9. The minimum Gasteiger partial charge on any atom is -0.449 e. The third-order valence-corrected chi connectivity index (χ3v) is 8.06. The van der Waals surface area contributed by atoms with Gasteiger partial charge in [0.1, 0.15) is 12.1 Å². The molecule has 0 saturated carbocycles. The monoisotopic (exact) mass is 567 g/mol. The Morgan fingerprint density at radius 1 is 0.605 bits per heavy atom. The van der Waals surface area contributed by atoms with Crippen LogP contribution >= 0.6 is 0 Å². The maximum absolute atomic E-state index is 14.0. The van der Waals surface area contributed by atoms with E-state index in [1.807, 2.05) is 115 Å². The van der Waals surface area contributed by atoms with Gasteiger partial charge in [0.15, 0.2) is 5.60 Å². The van der Waals surface area contributed by atoms with Crippen LogP contribution in [0, 0.1) is 0 Å². The molecule has 0 fully saturated rings. The Kier molecular flexibility index (Phi) is 7.56. The van der Waals surface area contributed by atoms with Crippen LogP contribution < -0.4 is 5.32 Å². The summed E-state index contributed by atoms with van der Waals surface area (Å²) in [5, 5.41) is 2.77. The van der Waals surface area contributed by atoms with Crippen molar-refractivity contribution in [2.24, 2.45) is 0 Å². The van der Waals surface area contributed by atoms with E-state index < -0.39 is 23.2 Å². The molecule has 214 valence electrons. The van der Waals surface area contributed by atoms with E-state index in [2.05, 4.69) is 29.6 Å². The molecular weight excluding hydrogens is 534 g/mol. The Hall–Kier alpha value is -5.16. The van der Waals surface area contributed by atoms with Gasteiger partial charge in [0.2, 0.25) is 0 Å². The average molecular weight is 568 g/mol. The molecular formula is C38H33NO4. The molecule has 5 nitrogen and oxygen atoms in total. The lowest BCUT2D eigenvalue weighted by molar-refractivity contribution is -0.160. The highest BCUT2D eigenvalue weighted by atomic mass is 16.6. The largest absolute Gasteiger partial charge is 0.449 e. The Bertz CT molecular complexity index is 1590. The van der Waals surface area contributed by atoms with Gasteiger partial charge in [-0.25, -0.2) is 9.59 Å². The maximum atomic E-state index is 14.0. The standard InChI is InChI=1S/C38H33NO4/c1-37(2,39-36(41)42-26-34-32-24-14-12-22-30(32)31-23-13-15-25-33(31)34)35(40)43-38(27-16-6-3-7-17-27,28-18-8-4-9-19-28)29-20-10-5-11-21-29/h3-25,34H,26H2,1-2H3,(H,39,41). The molecule has 0 aliphatic heterocycles. The summed E-state index contributed by atoms with van der Waals surface area (Å²) in [6.07, 6.45) is -0.687. The highest BCUT2D eigenvalue weighted by molar-refractivity contribution is 5.86. The molecule has 0 saturated heterocycles. The molecule has 1 N–H and O–H groups in total. The molecule has 1 aliphatic carbocycles. The van der Waals surface area contributed by atoms with E-state index in [0.29, 0.717) is 0 Å². The first-order valence-electron chi connectivity index (χ1n) is 14.4. The molecule has 1 amide bonds. The number of amides is 1. The lowest BCUT2D eigenvalue weighted by Crippen LogP contribution is -2.53. The zero-order valence-corrected chi connectivity index (χ0v) is 24.2. The second-order valence-electron chi connectivity index (χ2n) is 11.2. The Morgan fingerprint density at radius 2 is 1.00 bits per heavy atom. The summed E-state index contributed by atoms with van der Waals surface area (Å²) < 4.78 is 12.3. The average Bonchev–Trinajstić information content (AvgIpc) is 3.37. The van der Waals surface area contributed by atoms with Crippen molar-refractivity contribution in [3.05, 3.63) is 167 Å². The molecule has 43 heavy (non-hydrogen) atoms. The first kappa shape index (κ1) is 28.0. The lowest BCUT2D eigenvalue weighted by Gasteiger charge is -2.38. The van der Waals surface area contributed by atoms with Crippen molar-refractivity contribution in [2.75, 3.05) is 6.61 Å². The van der Waals surface area contributed by atoms with E-state index in [9.17, 15) is 9.59 Å². The van der Waals surface area contributed by atoms with E-state index in [0.717, 1.165) is 38.9 Å². The van der Waals surface area contributed by atoms with Crippen LogP contribution in [0.2, 0.25) is 0 Å². The molecule has 0 spiro atoms. The smallest absolute Gasteiger partial charge is 0.408 e. The number of benzene rings is 5. The van der Waals surface area contributed by atoms with Crippen molar-refractivity contribution in [3.63, 3.8) is 0 Å². The summed E-state index contributed by atoms with van der Waals surface area (Å²) in [6.45, 7) is 3.40. The topological polar surface area (TPSA) is 64.6 Å². The van der Waals surface area contributed by atoms with Gasteiger partial charge in [0, 0.05) is 22.6 Å². The lowest BCUT2D eigenvalue weighted by atomic mass is 9.80. The molecule has 0 heterocycles. The summed E-state index contributed by atoms with van der Waals surface area (Å²) in [4.78, 5) is 27.2. The quantitative estimate of drug-likeness (QED) is 0.153. The summed E-state index contributed by atoms with van der Waals surface area (Å²) in [5.41, 5.74) is 4.26. The number of carbonyl (C=O) groups excluding carboxylic acids is 2. The predicted octanol–water partition coefficient (Wildman–Crippen LogP) is 7.84. The zero-order valence-electron chi connectivity index (χ0n) is 24.2. The molecule has 6 rings (SSSR count). The summed E-state index contributed by atoms with van der Waals surface area (Å²) >= 11 is 0. The number of carbonyl (C=O) groups is 2. The number of esters is 1. The summed E-state index contributed by atoms with van der Waals surface area (Å²) in [5.74, 6) is -0.687. The molecule has 0 radical (unpaired) electrons. The van der Waals surface area contributed by atoms with Crippen molar-refractivity contribution in [1.82, 2.24) is 5.32 Å². The van der Waals surface area contributed by atoms with E-state index in [4.69, 9.17) is 9.47 Å². The number of fused-ring (bicyclic) bond motifs is 3. The fraction of sp³-hybridized carbons (Fsp3) is 0.158. The van der Waals surface area contributed by atoms with Gasteiger partial charge in [-0.2, -0.15) is 0 Å². The fourth-order valence-electron chi connectivity index (χ4n) is 5.90. The van der Waals surface area contributed by atoms with Gasteiger partial charge in [-0.1, -0.05) is 140 Å². The third kappa shape index (κ3) is 5.30. The number of ether oxygens (including phenoxy) is 2. The number of hydrogen-bond acceptors (Lipinski definition) is 4. The Balaban J connectivity index is 1.25. The minimum absolute atomic E-state index is 0.0879. The van der Waals surface area contributed by atoms with Crippen molar-refractivity contribution in [3.8, 4) is 11.1 Å². The van der Waals surface area contributed by atoms with Crippen LogP contribution in [0.4, 0.5) is 4.79 Å². The molecule has 5 heteroatoms. The van der Waals surface area contributed by atoms with Crippen LogP contribution in [0.3, 0.4) is 0 Å². The van der Waals surface area contributed by atoms with Gasteiger partial charge in [-0.15, -0.1) is 0 Å². The van der Waals surface area contributed by atoms with Crippen LogP contribution in [0.5, 0.6) is 0 Å². The van der Waals surface area contributed by atoms with Gasteiger partial charge >= 0.3 is 12.1 Å². The fourth-order valence-corrected chi connectivity index (χ4v) is 5.90. The van der Waals surface area contributed by atoms with E-state index in [1.165, 1.54) is 0 Å². The molecule has 0 aromatic heterocycles. The van der Waals surface area contributed by atoms with Gasteiger partial charge in [0.05, 0.1) is 0 Å². The molecule has 0 unspecified atom stereocenters. The maximum Gasteiger partial charge on any atom is 0.408 e. The molecule has 5 aromatic rings. The first-order valence-corrected chi connectivity index (χ1v) is 14.4. The summed E-state index contributed by atoms with van der Waals surface area (Å²) in [6, 6.07) is 45.3. The van der Waals surface area contributed by atoms with Crippen LogP contribution in [0.15, 0.2) is 140 Å². The van der Waals surface area contributed by atoms with Gasteiger partial charge in [0.25, 0.3) is 0 Å². The highest BCUT2D eigenvalue weighted by Gasteiger charge is 2.44. The minimum atomic E-state index is -1.40. The number of nitrogens with one attached hydrogen (secondary N) is 1. The second kappa shape index (κ2) is 11.6. The van der Waals surface area contributed by atoms with Crippen LogP contribution in [-0.2, 0) is 19.9 Å². The molecule has 1 aliphatic rings. The summed E-state index contributed by atoms with van der Waals surface area (Å²) in [7, 11) is 0. The van der Waals surface area contributed by atoms with Crippen LogP contribution in [0.1, 0.15) is 47.6 Å². The normalized spacial score (nSPS) is 12.6. The first-order chi connectivity index (χ1) is 20.9. The van der Waals surface area contributed by atoms with Crippen molar-refractivity contribution in [2.45, 2.75) is 30.9 Å². The van der Waals surface area contributed by atoms with E-state index in [-0.39, 0.29) is 12.5 Å². The van der Waals surface area contributed by atoms with E-state index in [1.54, 1.807) is 13.8 Å². The second-order valence-corrected chi connectivity index (χ2v) is 11.2. The molecule has 5 aromatic carbocycles. The van der Waals surface area contributed by atoms with E-state index >= 15 is 0 Å². The highest BCUT2D eigenvalue weighted by Crippen LogP contribution is 2.45. The third-order valence-electron chi connectivity index (χ3n) is 8.06. The van der Waals surface area contributed by atoms with Gasteiger partial charge < -0.3 is 14.8 Å². The van der Waals surface area contributed by atoms with Crippen LogP contribution in [0.25, 0.3) is 11.1 Å². The number of hydrogen-bond donors (Lipinski definition) is 1. The number of rotatable bonds is 8. The molecule has 0 atom stereocenters. The Labute approximate surface area is 252 Å². The van der Waals surface area contributed by atoms with Crippen molar-refractivity contribution < 1.29 is 19.1 Å². The predicted molar refractivity (Wildman–Crippen MR) is 168 cm³/mol. The van der Waals surface area contributed by atoms with Crippen molar-refractivity contribution >= 4 is 12.1 Å².